The molecule has 2 aliphatic rings. The second-order valence-electron chi connectivity index (χ2n) is 7.38. The number of nitrogens with one attached hydrogen (secondary N) is 1. The van der Waals surface area contributed by atoms with Gasteiger partial charge in [-0.2, -0.15) is 0 Å². The van der Waals surface area contributed by atoms with Gasteiger partial charge in [0.25, 0.3) is 5.91 Å². The van der Waals surface area contributed by atoms with Crippen LogP contribution in [0.25, 0.3) is 0 Å². The smallest absolute Gasteiger partial charge is 0.325 e. The summed E-state index contributed by atoms with van der Waals surface area (Å²) in [4.78, 5) is 40.5. The molecule has 2 heterocycles. The van der Waals surface area contributed by atoms with Crippen LogP contribution in [0.3, 0.4) is 0 Å². The van der Waals surface area contributed by atoms with Crippen LogP contribution in [0.4, 0.5) is 4.79 Å². The Kier molecular flexibility index (Phi) is 4.54. The Balaban J connectivity index is 1.73. The van der Waals surface area contributed by atoms with Crippen molar-refractivity contribution in [3.63, 3.8) is 0 Å². The van der Waals surface area contributed by atoms with Crippen LogP contribution in [0.15, 0.2) is 24.3 Å². The van der Waals surface area contributed by atoms with Gasteiger partial charge in [0, 0.05) is 13.1 Å². The zero-order valence-corrected chi connectivity index (χ0v) is 15.0. The topological polar surface area (TPSA) is 69.7 Å². The van der Waals surface area contributed by atoms with Gasteiger partial charge in [-0.15, -0.1) is 0 Å². The fourth-order valence-corrected chi connectivity index (χ4v) is 3.42. The van der Waals surface area contributed by atoms with Gasteiger partial charge in [-0.3, -0.25) is 14.5 Å². The number of nitrogens with zero attached hydrogens (tertiary/aromatic N) is 2. The lowest BCUT2D eigenvalue weighted by Crippen LogP contribution is -2.46. The first-order chi connectivity index (χ1) is 11.8. The number of imide groups is 1. The fraction of sp³-hybridized carbons (Fsp3) is 0.526. The maximum atomic E-state index is 12.9. The van der Waals surface area contributed by atoms with Gasteiger partial charge in [-0.1, -0.05) is 36.8 Å². The van der Waals surface area contributed by atoms with Gasteiger partial charge >= 0.3 is 6.03 Å². The van der Waals surface area contributed by atoms with E-state index < -0.39 is 11.6 Å². The van der Waals surface area contributed by atoms with Crippen molar-refractivity contribution in [1.82, 2.24) is 15.1 Å². The predicted molar refractivity (Wildman–Crippen MR) is 93.8 cm³/mol. The van der Waals surface area contributed by atoms with E-state index in [1.807, 2.05) is 31.2 Å². The molecule has 0 aromatic heterocycles. The van der Waals surface area contributed by atoms with E-state index in [0.29, 0.717) is 19.0 Å². The minimum atomic E-state index is -1.12. The Bertz CT molecular complexity index is 692. The Morgan fingerprint density at radius 1 is 1.20 bits per heavy atom. The molecule has 1 atom stereocenters. The zero-order chi connectivity index (χ0) is 18.2. The van der Waals surface area contributed by atoms with Crippen LogP contribution in [0.2, 0.25) is 0 Å². The number of hydrogen-bond donors (Lipinski definition) is 1. The summed E-state index contributed by atoms with van der Waals surface area (Å²) in [6, 6.07) is 6.98. The number of urea groups is 1. The van der Waals surface area contributed by atoms with E-state index in [1.54, 1.807) is 11.8 Å². The molecule has 2 fully saturated rings. The van der Waals surface area contributed by atoms with Gasteiger partial charge in [-0.05, 0) is 38.2 Å². The first-order valence-corrected chi connectivity index (χ1v) is 8.80. The molecule has 134 valence electrons. The molecule has 6 nitrogen and oxygen atoms in total. The van der Waals surface area contributed by atoms with Crippen molar-refractivity contribution in [3.8, 4) is 0 Å². The van der Waals surface area contributed by atoms with Gasteiger partial charge in [0.1, 0.15) is 12.1 Å². The first kappa shape index (κ1) is 17.5. The standard InChI is InChI=1S/C19H25N3O3/c1-13-4-6-15(7-5-13)19(3)17(24)22(18(25)20-19)12-16(23)21-10-8-14(2)9-11-21/h4-7,14H,8-12H2,1-3H3,(H,20,25)/t19-/m0/s1. The largest absolute Gasteiger partial charge is 0.341 e. The quantitative estimate of drug-likeness (QED) is 0.854. The first-order valence-electron chi connectivity index (χ1n) is 8.80. The third-order valence-electron chi connectivity index (χ3n) is 5.33. The number of amides is 4. The molecule has 2 aliphatic heterocycles. The highest BCUT2D eigenvalue weighted by atomic mass is 16.2. The maximum absolute atomic E-state index is 12.9. The highest BCUT2D eigenvalue weighted by Crippen LogP contribution is 2.29. The Labute approximate surface area is 148 Å². The van der Waals surface area contributed by atoms with Crippen LogP contribution >= 0.6 is 0 Å². The summed E-state index contributed by atoms with van der Waals surface area (Å²) in [6.07, 6.45) is 1.93. The molecule has 6 heteroatoms. The van der Waals surface area contributed by atoms with Crippen LogP contribution < -0.4 is 5.32 Å². The number of carbonyl (C=O) groups is 3. The minimum absolute atomic E-state index is 0.163. The lowest BCUT2D eigenvalue weighted by Gasteiger charge is -2.31. The minimum Gasteiger partial charge on any atom is -0.341 e. The number of benzene rings is 1. The average Bonchev–Trinajstić information content (AvgIpc) is 2.80. The molecule has 1 aromatic rings. The second-order valence-corrected chi connectivity index (χ2v) is 7.38. The van der Waals surface area contributed by atoms with E-state index in [4.69, 9.17) is 0 Å². The van der Waals surface area contributed by atoms with Crippen molar-refractivity contribution in [1.29, 1.82) is 0 Å². The molecule has 1 N–H and O–H groups in total. The number of hydrogen-bond acceptors (Lipinski definition) is 3. The number of likely N-dealkylation sites (tertiary alicyclic amines) is 1. The number of piperidine rings is 1. The SMILES string of the molecule is Cc1ccc([C@]2(C)NC(=O)N(CC(=O)N3CCC(C)CC3)C2=O)cc1. The molecular weight excluding hydrogens is 318 g/mol. The van der Waals surface area contributed by atoms with E-state index in [0.717, 1.165) is 28.9 Å². The highest BCUT2D eigenvalue weighted by Gasteiger charge is 2.49. The summed E-state index contributed by atoms with van der Waals surface area (Å²) < 4.78 is 0. The predicted octanol–water partition coefficient (Wildman–Crippen LogP) is 2.02. The summed E-state index contributed by atoms with van der Waals surface area (Å²) in [5.74, 6) is 0.0780. The molecule has 2 saturated heterocycles. The van der Waals surface area contributed by atoms with E-state index in [-0.39, 0.29) is 18.4 Å². The third kappa shape index (κ3) is 3.25. The molecule has 4 amide bonds. The molecule has 0 radical (unpaired) electrons. The molecule has 0 aliphatic carbocycles. The van der Waals surface area contributed by atoms with Crippen molar-refractivity contribution in [3.05, 3.63) is 35.4 Å². The van der Waals surface area contributed by atoms with Crippen LogP contribution in [0.5, 0.6) is 0 Å². The van der Waals surface area contributed by atoms with Crippen molar-refractivity contribution in [2.45, 2.75) is 39.2 Å². The number of carbonyl (C=O) groups excluding carboxylic acids is 3. The van der Waals surface area contributed by atoms with Crippen LogP contribution in [0, 0.1) is 12.8 Å². The summed E-state index contributed by atoms with van der Waals surface area (Å²) in [6.45, 7) is 7.01. The lowest BCUT2D eigenvalue weighted by atomic mass is 9.91. The van der Waals surface area contributed by atoms with Gasteiger partial charge in [-0.25, -0.2) is 4.79 Å². The van der Waals surface area contributed by atoms with E-state index in [2.05, 4.69) is 12.2 Å². The molecular formula is C19H25N3O3. The summed E-state index contributed by atoms with van der Waals surface area (Å²) >= 11 is 0. The van der Waals surface area contributed by atoms with Crippen molar-refractivity contribution < 1.29 is 14.4 Å². The van der Waals surface area contributed by atoms with Crippen LogP contribution in [-0.4, -0.2) is 47.3 Å². The summed E-state index contributed by atoms with van der Waals surface area (Å²) in [5, 5.41) is 2.75. The van der Waals surface area contributed by atoms with E-state index >= 15 is 0 Å². The molecule has 3 rings (SSSR count). The zero-order valence-electron chi connectivity index (χ0n) is 15.0. The molecule has 0 unspecified atom stereocenters. The lowest BCUT2D eigenvalue weighted by molar-refractivity contribution is -0.139. The Morgan fingerprint density at radius 3 is 2.40 bits per heavy atom. The second kappa shape index (κ2) is 6.50. The number of rotatable bonds is 3. The van der Waals surface area contributed by atoms with Gasteiger partial charge in [0.2, 0.25) is 5.91 Å². The molecule has 1 aromatic carbocycles. The average molecular weight is 343 g/mol. The summed E-state index contributed by atoms with van der Waals surface area (Å²) in [5.41, 5.74) is 0.676. The Hall–Kier alpha value is -2.37. The van der Waals surface area contributed by atoms with Crippen molar-refractivity contribution >= 4 is 17.8 Å². The van der Waals surface area contributed by atoms with Gasteiger partial charge in [0.05, 0.1) is 0 Å². The number of aryl methyl sites for hydroxylation is 1. The van der Waals surface area contributed by atoms with Crippen molar-refractivity contribution in [2.24, 2.45) is 5.92 Å². The van der Waals surface area contributed by atoms with E-state index in [9.17, 15) is 14.4 Å². The molecule has 0 saturated carbocycles. The summed E-state index contributed by atoms with van der Waals surface area (Å²) in [7, 11) is 0. The molecule has 25 heavy (non-hydrogen) atoms. The Morgan fingerprint density at radius 2 is 1.80 bits per heavy atom. The van der Waals surface area contributed by atoms with Gasteiger partial charge in [0.15, 0.2) is 0 Å². The maximum Gasteiger partial charge on any atom is 0.325 e. The molecule has 0 bridgehead atoms. The van der Waals surface area contributed by atoms with Crippen molar-refractivity contribution in [2.75, 3.05) is 19.6 Å². The normalized spacial score (nSPS) is 24.6. The monoisotopic (exact) mass is 343 g/mol. The highest BCUT2D eigenvalue weighted by molar-refractivity contribution is 6.09. The van der Waals surface area contributed by atoms with E-state index in [1.165, 1.54) is 0 Å². The van der Waals surface area contributed by atoms with Gasteiger partial charge < -0.3 is 10.2 Å². The fourth-order valence-electron chi connectivity index (χ4n) is 3.42. The van der Waals surface area contributed by atoms with Crippen LogP contribution in [-0.2, 0) is 15.1 Å². The van der Waals surface area contributed by atoms with Crippen LogP contribution in [0.1, 0.15) is 37.8 Å². The molecule has 0 spiro atoms. The third-order valence-corrected chi connectivity index (χ3v) is 5.33.